The molecule has 1 aliphatic rings. The van der Waals surface area contributed by atoms with Crippen molar-refractivity contribution in [2.75, 3.05) is 11.9 Å². The van der Waals surface area contributed by atoms with Crippen molar-refractivity contribution in [1.82, 2.24) is 24.8 Å². The summed E-state index contributed by atoms with van der Waals surface area (Å²) in [4.78, 5) is 23.8. The highest BCUT2D eigenvalue weighted by atomic mass is 32.1. The third-order valence-corrected chi connectivity index (χ3v) is 7.45. The van der Waals surface area contributed by atoms with Gasteiger partial charge in [0.25, 0.3) is 0 Å². The number of aryl methyl sites for hydroxylation is 2. The molecule has 0 bridgehead atoms. The molecule has 0 saturated carbocycles. The first-order valence-corrected chi connectivity index (χ1v) is 13.2. The molecule has 38 heavy (non-hydrogen) atoms. The second-order valence-electron chi connectivity index (χ2n) is 9.76. The molecule has 0 radical (unpaired) electrons. The average molecular weight is 525 g/mol. The van der Waals surface area contributed by atoms with Crippen LogP contribution in [0.2, 0.25) is 0 Å². The van der Waals surface area contributed by atoms with E-state index in [1.165, 1.54) is 22.5 Å². The fourth-order valence-corrected chi connectivity index (χ4v) is 5.53. The lowest BCUT2D eigenvalue weighted by atomic mass is 9.96. The van der Waals surface area contributed by atoms with E-state index in [-0.39, 0.29) is 18.0 Å². The molecule has 4 aromatic rings. The lowest BCUT2D eigenvalue weighted by molar-refractivity contribution is -0.116. The zero-order valence-electron chi connectivity index (χ0n) is 21.9. The number of nitrogens with zero attached hydrogens (tertiary/aromatic N) is 4. The predicted molar refractivity (Wildman–Crippen MR) is 154 cm³/mol. The number of anilines is 1. The van der Waals surface area contributed by atoms with Gasteiger partial charge < -0.3 is 20.1 Å². The summed E-state index contributed by atoms with van der Waals surface area (Å²) in [6.45, 7) is 7.55. The van der Waals surface area contributed by atoms with E-state index < -0.39 is 0 Å². The molecule has 5 rings (SSSR count). The van der Waals surface area contributed by atoms with Crippen molar-refractivity contribution in [1.29, 1.82) is 0 Å². The lowest BCUT2D eigenvalue weighted by Crippen LogP contribution is -2.33. The second kappa shape index (κ2) is 11.1. The molecule has 2 atom stereocenters. The standard InChI is InChI=1S/C30H32N6OS/c1-20-7-6-8-24(17-20)33-27(37)12-16-35-29(28(34-30(35)38)26-9-4-5-13-32-26)25-18-21(2)36(22(25)3)19-23-10-14-31-15-11-23/h4-11,13-15,17-18,28-29H,12,16,19H2,1-3H3,(H,33,37)(H,34,38)/t28-,29+/m1/s1. The summed E-state index contributed by atoms with van der Waals surface area (Å²) in [5.74, 6) is -0.0402. The molecule has 8 heteroatoms. The van der Waals surface area contributed by atoms with Crippen molar-refractivity contribution in [3.05, 3.63) is 113 Å². The molecule has 0 spiro atoms. The molecular weight excluding hydrogens is 492 g/mol. The molecule has 1 aliphatic heterocycles. The number of hydrogen-bond donors (Lipinski definition) is 2. The Morgan fingerprint density at radius 3 is 2.58 bits per heavy atom. The first-order chi connectivity index (χ1) is 18.4. The summed E-state index contributed by atoms with van der Waals surface area (Å²) in [7, 11) is 0. The minimum absolute atomic E-state index is 0.0402. The van der Waals surface area contributed by atoms with Gasteiger partial charge in [-0.3, -0.25) is 14.8 Å². The van der Waals surface area contributed by atoms with Crippen molar-refractivity contribution in [3.63, 3.8) is 0 Å². The Bertz CT molecular complexity index is 1440. The van der Waals surface area contributed by atoms with E-state index in [2.05, 4.69) is 50.0 Å². The molecule has 1 fully saturated rings. The van der Waals surface area contributed by atoms with Gasteiger partial charge >= 0.3 is 0 Å². The van der Waals surface area contributed by atoms with Gasteiger partial charge in [-0.25, -0.2) is 0 Å². The number of carbonyl (C=O) groups is 1. The summed E-state index contributed by atoms with van der Waals surface area (Å²) in [5, 5.41) is 7.15. The van der Waals surface area contributed by atoms with E-state index in [9.17, 15) is 4.79 Å². The predicted octanol–water partition coefficient (Wildman–Crippen LogP) is 5.25. The number of nitrogens with one attached hydrogen (secondary N) is 2. The highest BCUT2D eigenvalue weighted by molar-refractivity contribution is 7.80. The molecule has 1 saturated heterocycles. The van der Waals surface area contributed by atoms with Crippen molar-refractivity contribution in [2.45, 2.75) is 45.8 Å². The van der Waals surface area contributed by atoms with E-state index in [1.54, 1.807) is 0 Å². The largest absolute Gasteiger partial charge is 0.352 e. The smallest absolute Gasteiger partial charge is 0.226 e. The number of aromatic nitrogens is 3. The van der Waals surface area contributed by atoms with Crippen LogP contribution in [-0.2, 0) is 11.3 Å². The van der Waals surface area contributed by atoms with Gasteiger partial charge in [-0.15, -0.1) is 0 Å². The van der Waals surface area contributed by atoms with Crippen LogP contribution in [0.25, 0.3) is 0 Å². The fraction of sp³-hybridized carbons (Fsp3) is 0.267. The van der Waals surface area contributed by atoms with E-state index in [4.69, 9.17) is 12.2 Å². The van der Waals surface area contributed by atoms with Gasteiger partial charge in [0.15, 0.2) is 5.11 Å². The molecule has 2 N–H and O–H groups in total. The van der Waals surface area contributed by atoms with Crippen LogP contribution < -0.4 is 10.6 Å². The molecule has 4 heterocycles. The van der Waals surface area contributed by atoms with Crippen molar-refractivity contribution < 1.29 is 4.79 Å². The van der Waals surface area contributed by atoms with Gasteiger partial charge in [0.05, 0.1) is 17.8 Å². The van der Waals surface area contributed by atoms with Gasteiger partial charge in [0.2, 0.25) is 5.91 Å². The van der Waals surface area contributed by atoms with Crippen LogP contribution in [0.3, 0.4) is 0 Å². The molecule has 0 unspecified atom stereocenters. The summed E-state index contributed by atoms with van der Waals surface area (Å²) >= 11 is 5.82. The lowest BCUT2D eigenvalue weighted by Gasteiger charge is -2.28. The molecule has 7 nitrogen and oxygen atoms in total. The van der Waals surface area contributed by atoms with Crippen LogP contribution in [0.15, 0.2) is 79.3 Å². The third kappa shape index (κ3) is 5.45. The molecule has 1 amide bonds. The van der Waals surface area contributed by atoms with Crippen LogP contribution >= 0.6 is 12.2 Å². The Balaban J connectivity index is 1.43. The maximum absolute atomic E-state index is 12.9. The van der Waals surface area contributed by atoms with Gasteiger partial charge in [0.1, 0.15) is 0 Å². The fourth-order valence-electron chi connectivity index (χ4n) is 5.19. The topological polar surface area (TPSA) is 75.1 Å². The van der Waals surface area contributed by atoms with Crippen LogP contribution in [0.1, 0.15) is 52.3 Å². The Kier molecular flexibility index (Phi) is 7.51. The number of amides is 1. The molecular formula is C30H32N6OS. The number of thiocarbonyl (C=S) groups is 1. The van der Waals surface area contributed by atoms with Crippen LogP contribution in [-0.4, -0.2) is 37.0 Å². The van der Waals surface area contributed by atoms with Crippen molar-refractivity contribution >= 4 is 28.9 Å². The molecule has 1 aromatic carbocycles. The van der Waals surface area contributed by atoms with E-state index in [0.717, 1.165) is 23.5 Å². The number of carbonyl (C=O) groups excluding carboxylic acids is 1. The SMILES string of the molecule is Cc1cccc(NC(=O)CCN2C(=S)N[C@H](c3ccccn3)[C@@H]2c2cc(C)n(Cc3ccncc3)c2C)c1. The summed E-state index contributed by atoms with van der Waals surface area (Å²) in [6.07, 6.45) is 5.77. The van der Waals surface area contributed by atoms with Gasteiger partial charge in [-0.2, -0.15) is 0 Å². The average Bonchev–Trinajstić information content (AvgIpc) is 3.39. The second-order valence-corrected chi connectivity index (χ2v) is 10.1. The minimum atomic E-state index is -0.126. The van der Waals surface area contributed by atoms with Crippen LogP contribution in [0, 0.1) is 20.8 Å². The Labute approximate surface area is 228 Å². The summed E-state index contributed by atoms with van der Waals surface area (Å²) in [6, 6.07) is 19.9. The maximum Gasteiger partial charge on any atom is 0.226 e. The van der Waals surface area contributed by atoms with E-state index >= 15 is 0 Å². The Morgan fingerprint density at radius 2 is 1.84 bits per heavy atom. The van der Waals surface area contributed by atoms with Gasteiger partial charge in [0, 0.05) is 55.2 Å². The Hall–Kier alpha value is -4.04. The maximum atomic E-state index is 12.9. The normalized spacial score (nSPS) is 16.9. The molecule has 3 aromatic heterocycles. The van der Waals surface area contributed by atoms with Crippen molar-refractivity contribution in [3.8, 4) is 0 Å². The molecule has 194 valence electrons. The first-order valence-electron chi connectivity index (χ1n) is 12.8. The third-order valence-electron chi connectivity index (χ3n) is 7.10. The van der Waals surface area contributed by atoms with Gasteiger partial charge in [-0.1, -0.05) is 18.2 Å². The molecule has 0 aliphatic carbocycles. The highest BCUT2D eigenvalue weighted by Gasteiger charge is 2.41. The summed E-state index contributed by atoms with van der Waals surface area (Å²) < 4.78 is 2.32. The minimum Gasteiger partial charge on any atom is -0.352 e. The van der Waals surface area contributed by atoms with E-state index in [0.29, 0.717) is 18.1 Å². The number of rotatable bonds is 8. The quantitative estimate of drug-likeness (QED) is 0.307. The van der Waals surface area contributed by atoms with Crippen molar-refractivity contribution in [2.24, 2.45) is 0 Å². The zero-order valence-corrected chi connectivity index (χ0v) is 22.7. The van der Waals surface area contributed by atoms with Gasteiger partial charge in [-0.05, 0) is 92.1 Å². The number of hydrogen-bond acceptors (Lipinski definition) is 4. The number of benzene rings is 1. The number of pyridine rings is 2. The van der Waals surface area contributed by atoms with E-state index in [1.807, 2.05) is 80.1 Å². The summed E-state index contributed by atoms with van der Waals surface area (Å²) in [5.41, 5.74) is 7.55. The van der Waals surface area contributed by atoms with Crippen LogP contribution in [0.4, 0.5) is 5.69 Å². The zero-order chi connectivity index (χ0) is 26.6. The first kappa shape index (κ1) is 25.6. The highest BCUT2D eigenvalue weighted by Crippen LogP contribution is 2.41. The Morgan fingerprint density at radius 1 is 1.03 bits per heavy atom. The van der Waals surface area contributed by atoms with Crippen LogP contribution in [0.5, 0.6) is 0 Å². The monoisotopic (exact) mass is 524 g/mol.